The van der Waals surface area contributed by atoms with E-state index in [0.717, 1.165) is 13.0 Å². The Balaban J connectivity index is 1.72. The van der Waals surface area contributed by atoms with Crippen LogP contribution < -0.4 is 10.6 Å². The van der Waals surface area contributed by atoms with Gasteiger partial charge >= 0.3 is 12.0 Å². The van der Waals surface area contributed by atoms with Crippen LogP contribution in [0.3, 0.4) is 0 Å². The first kappa shape index (κ1) is 20.6. The molecule has 2 aromatic rings. The number of nitrogens with one attached hydrogen (secondary N) is 2. The van der Waals surface area contributed by atoms with Crippen LogP contribution in [0.5, 0.6) is 0 Å². The second kappa shape index (κ2) is 9.02. The number of thiophene rings is 1. The van der Waals surface area contributed by atoms with E-state index in [1.54, 1.807) is 18.3 Å². The quantitative estimate of drug-likeness (QED) is 0.694. The summed E-state index contributed by atoms with van der Waals surface area (Å²) in [6, 6.07) is 12.1. The van der Waals surface area contributed by atoms with Gasteiger partial charge in [0.2, 0.25) is 0 Å². The zero-order valence-electron chi connectivity index (χ0n) is 17.3. The van der Waals surface area contributed by atoms with Gasteiger partial charge in [-0.3, -0.25) is 4.90 Å². The molecule has 1 aromatic carbocycles. The first-order valence-corrected chi connectivity index (χ1v) is 11.3. The van der Waals surface area contributed by atoms with Gasteiger partial charge in [0.1, 0.15) is 0 Å². The lowest BCUT2D eigenvalue weighted by molar-refractivity contribution is -0.139. The van der Waals surface area contributed by atoms with Crippen LogP contribution >= 0.6 is 11.3 Å². The molecule has 2 aliphatic heterocycles. The first-order valence-electron chi connectivity index (χ1n) is 10.4. The van der Waals surface area contributed by atoms with Crippen molar-refractivity contribution in [2.75, 3.05) is 19.7 Å². The Kier molecular flexibility index (Phi) is 6.20. The summed E-state index contributed by atoms with van der Waals surface area (Å²) < 4.78 is 5.32. The fourth-order valence-corrected chi connectivity index (χ4v) is 5.26. The lowest BCUT2D eigenvalue weighted by atomic mass is 9.92. The molecule has 7 heteroatoms. The van der Waals surface area contributed by atoms with Crippen molar-refractivity contribution in [2.24, 2.45) is 0 Å². The van der Waals surface area contributed by atoms with Gasteiger partial charge < -0.3 is 15.4 Å². The summed E-state index contributed by atoms with van der Waals surface area (Å²) in [5.74, 6) is -0.364. The van der Waals surface area contributed by atoms with Crippen molar-refractivity contribution < 1.29 is 14.3 Å². The van der Waals surface area contributed by atoms with Crippen molar-refractivity contribution in [3.8, 4) is 0 Å². The smallest absolute Gasteiger partial charge is 0.337 e. The standard InChI is InChI=1S/C23H27N3O3S/c1-3-17-20(22(27)29-4-2)18(25-23(28)24-17)14-26-12-10-19-16(11-13-30-19)21(26)15-8-6-5-7-9-15/h5-9,11,13,17,21H,3-4,10,12,14H2,1-2H3,(H2,24,25,28)/t17-,21-/m1/s1. The van der Waals surface area contributed by atoms with Crippen LogP contribution in [0.1, 0.15) is 42.3 Å². The molecule has 1 aromatic heterocycles. The minimum absolute atomic E-state index is 0.0870. The summed E-state index contributed by atoms with van der Waals surface area (Å²) in [4.78, 5) is 28.8. The van der Waals surface area contributed by atoms with E-state index in [2.05, 4.69) is 51.2 Å². The third-order valence-corrected chi connectivity index (χ3v) is 6.69. The van der Waals surface area contributed by atoms with Crippen molar-refractivity contribution in [3.63, 3.8) is 0 Å². The van der Waals surface area contributed by atoms with Gasteiger partial charge in [-0.2, -0.15) is 0 Å². The van der Waals surface area contributed by atoms with E-state index in [0.29, 0.717) is 30.8 Å². The number of carbonyl (C=O) groups excluding carboxylic acids is 2. The summed E-state index contributed by atoms with van der Waals surface area (Å²) in [6.45, 7) is 5.38. The van der Waals surface area contributed by atoms with Gasteiger partial charge in [-0.1, -0.05) is 37.3 Å². The summed E-state index contributed by atoms with van der Waals surface area (Å²) >= 11 is 1.80. The van der Waals surface area contributed by atoms with Crippen molar-refractivity contribution in [1.29, 1.82) is 0 Å². The molecule has 0 radical (unpaired) electrons. The lowest BCUT2D eigenvalue weighted by Crippen LogP contribution is -2.52. The van der Waals surface area contributed by atoms with Crippen LogP contribution in [0.15, 0.2) is 53.0 Å². The number of ether oxygens (including phenoxy) is 1. The fraction of sp³-hybridized carbons (Fsp3) is 0.391. The second-order valence-electron chi connectivity index (χ2n) is 7.50. The van der Waals surface area contributed by atoms with E-state index < -0.39 is 0 Å². The number of nitrogens with zero attached hydrogens (tertiary/aromatic N) is 1. The van der Waals surface area contributed by atoms with Crippen molar-refractivity contribution >= 4 is 23.3 Å². The topological polar surface area (TPSA) is 70.7 Å². The zero-order valence-corrected chi connectivity index (χ0v) is 18.1. The molecule has 6 nitrogen and oxygen atoms in total. The highest BCUT2D eigenvalue weighted by Gasteiger charge is 2.35. The maximum absolute atomic E-state index is 12.7. The van der Waals surface area contributed by atoms with E-state index in [1.165, 1.54) is 16.0 Å². The Labute approximate surface area is 180 Å². The van der Waals surface area contributed by atoms with Crippen LogP contribution in [-0.2, 0) is 16.0 Å². The molecule has 30 heavy (non-hydrogen) atoms. The molecule has 158 valence electrons. The molecule has 2 N–H and O–H groups in total. The van der Waals surface area contributed by atoms with E-state index in [4.69, 9.17) is 4.74 Å². The van der Waals surface area contributed by atoms with Crippen molar-refractivity contribution in [1.82, 2.24) is 15.5 Å². The number of urea groups is 1. The predicted molar refractivity (Wildman–Crippen MR) is 117 cm³/mol. The Bertz CT molecular complexity index is 954. The van der Waals surface area contributed by atoms with Crippen LogP contribution in [0.25, 0.3) is 0 Å². The molecule has 0 saturated heterocycles. The highest BCUT2D eigenvalue weighted by atomic mass is 32.1. The minimum Gasteiger partial charge on any atom is -0.463 e. The Morgan fingerprint density at radius 1 is 1.23 bits per heavy atom. The molecular weight excluding hydrogens is 398 g/mol. The third kappa shape index (κ3) is 4.00. The van der Waals surface area contributed by atoms with Gasteiger partial charge in [0.05, 0.1) is 24.3 Å². The SMILES string of the molecule is CCOC(=O)C1=C(CN2CCc3sccc3[C@H]2c2ccccc2)NC(=O)N[C@@H]1CC. The van der Waals surface area contributed by atoms with Gasteiger partial charge in [0.25, 0.3) is 0 Å². The average molecular weight is 426 g/mol. The number of carbonyl (C=O) groups is 2. The number of hydrogen-bond acceptors (Lipinski definition) is 5. The molecule has 0 unspecified atom stereocenters. The van der Waals surface area contributed by atoms with Gasteiger partial charge in [-0.25, -0.2) is 9.59 Å². The van der Waals surface area contributed by atoms with Gasteiger partial charge in [-0.15, -0.1) is 11.3 Å². The molecule has 0 spiro atoms. The Morgan fingerprint density at radius 2 is 2.03 bits per heavy atom. The maximum Gasteiger partial charge on any atom is 0.337 e. The van der Waals surface area contributed by atoms with Crippen LogP contribution in [-0.4, -0.2) is 42.6 Å². The van der Waals surface area contributed by atoms with E-state index >= 15 is 0 Å². The molecule has 0 aliphatic carbocycles. The molecule has 2 aliphatic rings. The minimum atomic E-state index is -0.364. The third-order valence-electron chi connectivity index (χ3n) is 5.69. The van der Waals surface area contributed by atoms with Gasteiger partial charge in [0, 0.05) is 23.7 Å². The Hall–Kier alpha value is -2.64. The molecule has 3 heterocycles. The van der Waals surface area contributed by atoms with Crippen molar-refractivity contribution in [2.45, 2.75) is 38.8 Å². The molecular formula is C23H27N3O3S. The summed E-state index contributed by atoms with van der Waals surface area (Å²) in [6.07, 6.45) is 1.59. The van der Waals surface area contributed by atoms with Gasteiger partial charge in [-0.05, 0) is 42.3 Å². The Morgan fingerprint density at radius 3 is 2.77 bits per heavy atom. The summed E-state index contributed by atoms with van der Waals surface area (Å²) in [5.41, 5.74) is 3.69. The number of esters is 1. The largest absolute Gasteiger partial charge is 0.463 e. The molecule has 2 amide bonds. The van der Waals surface area contributed by atoms with E-state index in [9.17, 15) is 9.59 Å². The molecule has 4 rings (SSSR count). The van der Waals surface area contributed by atoms with Crippen LogP contribution in [0, 0.1) is 0 Å². The molecule has 0 fully saturated rings. The molecule has 2 atom stereocenters. The van der Waals surface area contributed by atoms with E-state index in [1.807, 2.05) is 13.0 Å². The highest BCUT2D eigenvalue weighted by molar-refractivity contribution is 7.10. The number of benzene rings is 1. The monoisotopic (exact) mass is 425 g/mol. The molecule has 0 bridgehead atoms. The van der Waals surface area contributed by atoms with Crippen molar-refractivity contribution in [3.05, 3.63) is 69.1 Å². The van der Waals surface area contributed by atoms with Crippen LogP contribution in [0.4, 0.5) is 4.79 Å². The average Bonchev–Trinajstić information content (AvgIpc) is 3.22. The maximum atomic E-state index is 12.7. The number of rotatable bonds is 6. The second-order valence-corrected chi connectivity index (χ2v) is 8.51. The number of fused-ring (bicyclic) bond motifs is 1. The normalized spacial score (nSPS) is 21.6. The van der Waals surface area contributed by atoms with Crippen LogP contribution in [0.2, 0.25) is 0 Å². The summed E-state index contributed by atoms with van der Waals surface area (Å²) in [7, 11) is 0. The summed E-state index contributed by atoms with van der Waals surface area (Å²) in [5, 5.41) is 7.89. The predicted octanol–water partition coefficient (Wildman–Crippen LogP) is 3.60. The molecule has 0 saturated carbocycles. The lowest BCUT2D eigenvalue weighted by Gasteiger charge is -2.38. The van der Waals surface area contributed by atoms with Gasteiger partial charge in [0.15, 0.2) is 0 Å². The first-order chi connectivity index (χ1) is 14.6. The highest BCUT2D eigenvalue weighted by Crippen LogP contribution is 2.38. The zero-order chi connectivity index (χ0) is 21.1. The van der Waals surface area contributed by atoms with E-state index in [-0.39, 0.29) is 24.1 Å². The fourth-order valence-electron chi connectivity index (χ4n) is 4.35. The number of amides is 2. The number of hydrogen-bond donors (Lipinski definition) is 2.